The van der Waals surface area contributed by atoms with Crippen molar-refractivity contribution in [2.75, 3.05) is 0 Å². The number of aliphatic hydroxyl groups is 1. The number of hydrogen-bond acceptors (Lipinski definition) is 2. The average Bonchev–Trinajstić information content (AvgIpc) is 2.59. The fourth-order valence-corrected chi connectivity index (χ4v) is 3.66. The van der Waals surface area contributed by atoms with Gasteiger partial charge in [0.1, 0.15) is 11.9 Å². The first-order valence-corrected chi connectivity index (χ1v) is 7.28. The molecule has 0 aliphatic heterocycles. The number of aliphatic hydroxyl groups excluding tert-OH is 1. The van der Waals surface area contributed by atoms with Crippen LogP contribution >= 0.6 is 43.2 Å². The summed E-state index contributed by atoms with van der Waals surface area (Å²) in [6.45, 7) is 1.94. The van der Waals surface area contributed by atoms with Gasteiger partial charge in [-0.3, -0.25) is 0 Å². The quantitative estimate of drug-likeness (QED) is 0.794. The largest absolute Gasteiger partial charge is 0.383 e. The Bertz CT molecular complexity index is 514. The molecule has 0 fully saturated rings. The zero-order valence-electron chi connectivity index (χ0n) is 8.88. The third-order valence-electron chi connectivity index (χ3n) is 2.42. The van der Waals surface area contributed by atoms with Crippen molar-refractivity contribution in [2.24, 2.45) is 0 Å². The predicted molar refractivity (Wildman–Crippen MR) is 74.9 cm³/mol. The van der Waals surface area contributed by atoms with Gasteiger partial charge in [-0.2, -0.15) is 0 Å². The summed E-state index contributed by atoms with van der Waals surface area (Å²) in [6, 6.07) is 6.53. The monoisotopic (exact) mass is 378 g/mol. The Morgan fingerprint density at radius 3 is 2.59 bits per heavy atom. The van der Waals surface area contributed by atoms with E-state index < -0.39 is 11.9 Å². The highest BCUT2D eigenvalue weighted by molar-refractivity contribution is 9.11. The molecule has 1 unspecified atom stereocenters. The molecule has 1 heterocycles. The molecule has 2 rings (SSSR count). The van der Waals surface area contributed by atoms with E-state index in [1.165, 1.54) is 17.4 Å². The zero-order valence-corrected chi connectivity index (χ0v) is 12.9. The van der Waals surface area contributed by atoms with Crippen molar-refractivity contribution < 1.29 is 9.50 Å². The summed E-state index contributed by atoms with van der Waals surface area (Å²) in [7, 11) is 0. The molecule has 1 nitrogen and oxygen atoms in total. The van der Waals surface area contributed by atoms with Crippen LogP contribution in [0.25, 0.3) is 0 Å². The Hall–Kier alpha value is -0.230. The van der Waals surface area contributed by atoms with Gasteiger partial charge in [0.15, 0.2) is 0 Å². The Balaban J connectivity index is 2.47. The summed E-state index contributed by atoms with van der Waals surface area (Å²) in [5.74, 6) is -0.408. The second-order valence-electron chi connectivity index (χ2n) is 3.64. The maximum atomic E-state index is 13.7. The number of aryl methyl sites for hydroxylation is 1. The molecule has 1 aromatic heterocycles. The van der Waals surface area contributed by atoms with E-state index in [9.17, 15) is 9.50 Å². The van der Waals surface area contributed by atoms with E-state index in [-0.39, 0.29) is 5.56 Å². The maximum absolute atomic E-state index is 13.7. The molecule has 0 aliphatic carbocycles. The molecular formula is C12H9Br2FOS. The summed E-state index contributed by atoms with van der Waals surface area (Å²) >= 11 is 8.07. The number of halogens is 3. The maximum Gasteiger partial charge on any atom is 0.130 e. The third kappa shape index (κ3) is 2.62. The number of rotatable bonds is 2. The fraction of sp³-hybridized carbons (Fsp3) is 0.167. The smallest absolute Gasteiger partial charge is 0.130 e. The predicted octanol–water partition coefficient (Wildman–Crippen LogP) is 4.80. The van der Waals surface area contributed by atoms with E-state index in [4.69, 9.17) is 0 Å². The van der Waals surface area contributed by atoms with E-state index in [0.717, 1.165) is 14.2 Å². The Kier molecular flexibility index (Phi) is 4.02. The van der Waals surface area contributed by atoms with Gasteiger partial charge >= 0.3 is 0 Å². The van der Waals surface area contributed by atoms with Gasteiger partial charge in [0.25, 0.3) is 0 Å². The summed E-state index contributed by atoms with van der Waals surface area (Å²) in [4.78, 5) is 0.722. The summed E-state index contributed by atoms with van der Waals surface area (Å²) in [6.07, 6.45) is -0.944. The standard InChI is InChI=1S/C12H9Br2FOS/c1-6-5-9(17-12(6)14)11(16)10-7(13)3-2-4-8(10)15/h2-5,11,16H,1H3. The van der Waals surface area contributed by atoms with Gasteiger partial charge in [-0.15, -0.1) is 11.3 Å². The molecule has 1 N–H and O–H groups in total. The molecular weight excluding hydrogens is 371 g/mol. The van der Waals surface area contributed by atoms with Gasteiger partial charge in [-0.25, -0.2) is 4.39 Å². The third-order valence-corrected chi connectivity index (χ3v) is 5.30. The van der Waals surface area contributed by atoms with Crippen molar-refractivity contribution in [1.82, 2.24) is 0 Å². The first kappa shape index (κ1) is 13.2. The van der Waals surface area contributed by atoms with Crippen LogP contribution < -0.4 is 0 Å². The topological polar surface area (TPSA) is 20.2 Å². The molecule has 0 amide bonds. The van der Waals surface area contributed by atoms with Gasteiger partial charge in [0.05, 0.1) is 3.79 Å². The van der Waals surface area contributed by atoms with E-state index in [1.807, 2.05) is 13.0 Å². The zero-order chi connectivity index (χ0) is 12.6. The highest BCUT2D eigenvalue weighted by Gasteiger charge is 2.20. The van der Waals surface area contributed by atoms with Crippen LogP contribution in [0.2, 0.25) is 0 Å². The van der Waals surface area contributed by atoms with Crippen LogP contribution in [-0.2, 0) is 0 Å². The van der Waals surface area contributed by atoms with Crippen molar-refractivity contribution in [1.29, 1.82) is 0 Å². The molecule has 0 saturated carbocycles. The van der Waals surface area contributed by atoms with Crippen LogP contribution in [0.4, 0.5) is 4.39 Å². The van der Waals surface area contributed by atoms with Crippen LogP contribution in [0.1, 0.15) is 22.1 Å². The molecule has 1 atom stereocenters. The minimum Gasteiger partial charge on any atom is -0.383 e. The van der Waals surface area contributed by atoms with Crippen molar-refractivity contribution >= 4 is 43.2 Å². The van der Waals surface area contributed by atoms with E-state index in [1.54, 1.807) is 12.1 Å². The molecule has 0 aliphatic rings. The van der Waals surface area contributed by atoms with Crippen molar-refractivity contribution in [2.45, 2.75) is 13.0 Å². The molecule has 17 heavy (non-hydrogen) atoms. The number of thiophene rings is 1. The Labute approximate surface area is 120 Å². The van der Waals surface area contributed by atoms with Gasteiger partial charge in [-0.05, 0) is 46.6 Å². The molecule has 0 radical (unpaired) electrons. The lowest BCUT2D eigenvalue weighted by Gasteiger charge is -2.11. The first-order valence-electron chi connectivity index (χ1n) is 4.88. The van der Waals surface area contributed by atoms with E-state index >= 15 is 0 Å². The lowest BCUT2D eigenvalue weighted by molar-refractivity contribution is 0.218. The average molecular weight is 380 g/mol. The summed E-state index contributed by atoms with van der Waals surface area (Å²) in [5.41, 5.74) is 1.32. The fourth-order valence-electron chi connectivity index (χ4n) is 1.53. The Morgan fingerprint density at radius 1 is 1.35 bits per heavy atom. The summed E-state index contributed by atoms with van der Waals surface area (Å²) in [5, 5.41) is 10.2. The summed E-state index contributed by atoms with van der Waals surface area (Å²) < 4.78 is 15.2. The van der Waals surface area contributed by atoms with Crippen molar-refractivity contribution in [3.8, 4) is 0 Å². The minimum atomic E-state index is -0.944. The van der Waals surface area contributed by atoms with Crippen molar-refractivity contribution in [3.05, 3.63) is 54.3 Å². The van der Waals surface area contributed by atoms with Crippen LogP contribution in [0.5, 0.6) is 0 Å². The van der Waals surface area contributed by atoms with Crippen LogP contribution in [0, 0.1) is 12.7 Å². The van der Waals surface area contributed by atoms with Gasteiger partial charge in [0.2, 0.25) is 0 Å². The Morgan fingerprint density at radius 2 is 2.06 bits per heavy atom. The number of hydrogen-bond donors (Lipinski definition) is 1. The molecule has 0 spiro atoms. The molecule has 2 aromatic rings. The molecule has 0 saturated heterocycles. The van der Waals surface area contributed by atoms with Crippen LogP contribution in [0.3, 0.4) is 0 Å². The van der Waals surface area contributed by atoms with Crippen molar-refractivity contribution in [3.63, 3.8) is 0 Å². The molecule has 1 aromatic carbocycles. The van der Waals surface area contributed by atoms with Gasteiger partial charge in [-0.1, -0.05) is 22.0 Å². The normalized spacial score (nSPS) is 12.8. The lowest BCUT2D eigenvalue weighted by Crippen LogP contribution is -2.01. The highest BCUT2D eigenvalue weighted by Crippen LogP contribution is 2.37. The second-order valence-corrected chi connectivity index (χ2v) is 6.90. The first-order chi connectivity index (χ1) is 8.00. The highest BCUT2D eigenvalue weighted by atomic mass is 79.9. The molecule has 5 heteroatoms. The van der Waals surface area contributed by atoms with E-state index in [0.29, 0.717) is 4.47 Å². The SMILES string of the molecule is Cc1cc(C(O)c2c(F)cccc2Br)sc1Br. The number of benzene rings is 1. The minimum absolute atomic E-state index is 0.279. The lowest BCUT2D eigenvalue weighted by atomic mass is 10.1. The van der Waals surface area contributed by atoms with E-state index in [2.05, 4.69) is 31.9 Å². The van der Waals surface area contributed by atoms with Crippen LogP contribution in [-0.4, -0.2) is 5.11 Å². The second kappa shape index (κ2) is 5.18. The van der Waals surface area contributed by atoms with Gasteiger partial charge in [0, 0.05) is 14.9 Å². The van der Waals surface area contributed by atoms with Gasteiger partial charge < -0.3 is 5.11 Å². The molecule has 0 bridgehead atoms. The van der Waals surface area contributed by atoms with Crippen LogP contribution in [0.15, 0.2) is 32.5 Å². The molecule has 90 valence electrons.